The van der Waals surface area contributed by atoms with E-state index in [1.807, 2.05) is 0 Å². The van der Waals surface area contributed by atoms with Crippen LogP contribution >= 0.6 is 23.2 Å². The number of nitrogens with one attached hydrogen (secondary N) is 1. The van der Waals surface area contributed by atoms with Crippen LogP contribution in [0.4, 0.5) is 0 Å². The minimum absolute atomic E-state index is 0.166. The number of rotatable bonds is 4. The van der Waals surface area contributed by atoms with Crippen molar-refractivity contribution in [1.29, 1.82) is 0 Å². The van der Waals surface area contributed by atoms with Gasteiger partial charge in [0.25, 0.3) is 0 Å². The van der Waals surface area contributed by atoms with E-state index in [9.17, 15) is 8.42 Å². The third kappa shape index (κ3) is 4.29. The molecule has 0 heterocycles. The Morgan fingerprint density at radius 2 is 1.75 bits per heavy atom. The maximum absolute atomic E-state index is 11.8. The molecule has 0 saturated heterocycles. The van der Waals surface area contributed by atoms with E-state index in [1.54, 1.807) is 13.8 Å². The first-order chi connectivity index (χ1) is 7.21. The van der Waals surface area contributed by atoms with E-state index in [0.29, 0.717) is 5.02 Å². The van der Waals surface area contributed by atoms with Crippen LogP contribution in [0.2, 0.25) is 5.02 Å². The summed E-state index contributed by atoms with van der Waals surface area (Å²) in [4.78, 5) is -0.433. The maximum Gasteiger partial charge on any atom is 0.240 e. The first-order valence-corrected chi connectivity index (χ1v) is 6.89. The Bertz CT molecular complexity index is 449. The van der Waals surface area contributed by atoms with E-state index < -0.39 is 14.9 Å². The highest BCUT2D eigenvalue weighted by Gasteiger charge is 2.19. The highest BCUT2D eigenvalue weighted by molar-refractivity contribution is 7.89. The van der Waals surface area contributed by atoms with Crippen LogP contribution in [0.3, 0.4) is 0 Å². The lowest BCUT2D eigenvalue weighted by Crippen LogP contribution is -2.34. The fourth-order valence-electron chi connectivity index (χ4n) is 0.964. The maximum atomic E-state index is 11.8. The zero-order valence-electron chi connectivity index (χ0n) is 9.00. The van der Waals surface area contributed by atoms with Gasteiger partial charge in [-0.15, -0.1) is 11.6 Å². The van der Waals surface area contributed by atoms with Crippen molar-refractivity contribution in [3.63, 3.8) is 0 Å². The normalized spacial score (nSPS) is 12.8. The van der Waals surface area contributed by atoms with Crippen molar-refractivity contribution >= 4 is 33.2 Å². The highest BCUT2D eigenvalue weighted by Crippen LogP contribution is 2.16. The predicted octanol–water partition coefficient (Wildman–Crippen LogP) is 2.64. The van der Waals surface area contributed by atoms with Crippen LogP contribution < -0.4 is 4.72 Å². The lowest BCUT2D eigenvalue weighted by atomic mass is 10.2. The molecule has 3 nitrogen and oxygen atoms in total. The molecule has 90 valence electrons. The van der Waals surface area contributed by atoms with Gasteiger partial charge in [-0.2, -0.15) is 0 Å². The summed E-state index contributed by atoms with van der Waals surface area (Å²) in [7, 11) is -3.50. The Labute approximate surface area is 106 Å². The van der Waals surface area contributed by atoms with Crippen molar-refractivity contribution in [2.45, 2.75) is 23.6 Å². The van der Waals surface area contributed by atoms with E-state index in [0.717, 1.165) is 0 Å². The summed E-state index contributed by atoms with van der Waals surface area (Å²) in [6, 6.07) is 5.96. The number of halogens is 2. The summed E-state index contributed by atoms with van der Waals surface area (Å²) >= 11 is 11.6. The predicted molar refractivity (Wildman–Crippen MR) is 66.6 cm³/mol. The average molecular weight is 282 g/mol. The third-order valence-corrected chi connectivity index (χ3v) is 3.61. The molecule has 0 radical (unpaired) electrons. The highest BCUT2D eigenvalue weighted by atomic mass is 35.5. The molecule has 0 atom stereocenters. The van der Waals surface area contributed by atoms with Crippen molar-refractivity contribution < 1.29 is 8.42 Å². The van der Waals surface area contributed by atoms with Gasteiger partial charge in [0.05, 0.1) is 9.77 Å². The Kier molecular flexibility index (Phi) is 4.23. The van der Waals surface area contributed by atoms with Crippen LogP contribution in [-0.2, 0) is 10.0 Å². The summed E-state index contributed by atoms with van der Waals surface area (Å²) in [5, 5.41) is 0.497. The second-order valence-electron chi connectivity index (χ2n) is 4.00. The molecule has 6 heteroatoms. The molecule has 1 rings (SSSR count). The molecular formula is C10H13Cl2NO2S. The van der Waals surface area contributed by atoms with Gasteiger partial charge in [-0.25, -0.2) is 13.1 Å². The van der Waals surface area contributed by atoms with Gasteiger partial charge in [0.15, 0.2) is 0 Å². The molecular weight excluding hydrogens is 269 g/mol. The monoisotopic (exact) mass is 281 g/mol. The quantitative estimate of drug-likeness (QED) is 0.863. The second-order valence-corrected chi connectivity index (χ2v) is 7.22. The van der Waals surface area contributed by atoms with Gasteiger partial charge in [0, 0.05) is 11.6 Å². The number of sulfonamides is 1. The fourth-order valence-corrected chi connectivity index (χ4v) is 2.45. The van der Waals surface area contributed by atoms with Gasteiger partial charge >= 0.3 is 0 Å². The van der Waals surface area contributed by atoms with Crippen LogP contribution in [0.15, 0.2) is 29.2 Å². The van der Waals surface area contributed by atoms with Crippen molar-refractivity contribution in [1.82, 2.24) is 4.72 Å². The SMILES string of the molecule is CC(C)(Cl)CNS(=O)(=O)c1ccc(Cl)cc1. The molecule has 0 saturated carbocycles. The average Bonchev–Trinajstić information content (AvgIpc) is 2.15. The van der Waals surface area contributed by atoms with Crippen LogP contribution in [0.1, 0.15) is 13.8 Å². The zero-order valence-corrected chi connectivity index (χ0v) is 11.3. The lowest BCUT2D eigenvalue weighted by Gasteiger charge is -2.16. The molecule has 0 aromatic heterocycles. The van der Waals surface area contributed by atoms with Crippen molar-refractivity contribution in [2.75, 3.05) is 6.54 Å². The van der Waals surface area contributed by atoms with Crippen molar-refractivity contribution in [3.8, 4) is 0 Å². The van der Waals surface area contributed by atoms with Gasteiger partial charge in [-0.1, -0.05) is 11.6 Å². The summed E-state index contributed by atoms with van der Waals surface area (Å²) in [6.45, 7) is 3.64. The van der Waals surface area contributed by atoms with E-state index >= 15 is 0 Å². The summed E-state index contributed by atoms with van der Waals surface area (Å²) in [5.41, 5.74) is 0. The minimum Gasteiger partial charge on any atom is -0.209 e. The van der Waals surface area contributed by atoms with E-state index in [1.165, 1.54) is 24.3 Å². The Hall–Kier alpha value is -0.290. The Balaban J connectivity index is 2.83. The molecule has 0 aliphatic carbocycles. The van der Waals surface area contributed by atoms with Crippen LogP contribution in [0, 0.1) is 0 Å². The minimum atomic E-state index is -3.50. The molecule has 0 unspecified atom stereocenters. The number of hydrogen-bond acceptors (Lipinski definition) is 2. The van der Waals surface area contributed by atoms with E-state index in [4.69, 9.17) is 23.2 Å². The Morgan fingerprint density at radius 3 is 2.19 bits per heavy atom. The zero-order chi connectivity index (χ0) is 12.4. The fraction of sp³-hybridized carbons (Fsp3) is 0.400. The van der Waals surface area contributed by atoms with Gasteiger partial charge in [-0.05, 0) is 38.1 Å². The van der Waals surface area contributed by atoms with Crippen LogP contribution in [0.5, 0.6) is 0 Å². The number of hydrogen-bond donors (Lipinski definition) is 1. The Morgan fingerprint density at radius 1 is 1.25 bits per heavy atom. The first kappa shape index (κ1) is 13.8. The van der Waals surface area contributed by atoms with E-state index in [2.05, 4.69) is 4.72 Å². The van der Waals surface area contributed by atoms with Gasteiger partial charge in [-0.3, -0.25) is 0 Å². The van der Waals surface area contributed by atoms with Crippen molar-refractivity contribution in [2.24, 2.45) is 0 Å². The molecule has 1 aromatic rings. The molecule has 16 heavy (non-hydrogen) atoms. The smallest absolute Gasteiger partial charge is 0.209 e. The molecule has 0 spiro atoms. The third-order valence-electron chi connectivity index (χ3n) is 1.81. The van der Waals surface area contributed by atoms with Crippen molar-refractivity contribution in [3.05, 3.63) is 29.3 Å². The summed E-state index contributed by atoms with van der Waals surface area (Å²) < 4.78 is 26.0. The molecule has 0 aliphatic heterocycles. The summed E-state index contributed by atoms with van der Waals surface area (Å²) in [6.07, 6.45) is 0. The molecule has 0 aliphatic rings. The van der Waals surface area contributed by atoms with Crippen LogP contribution in [-0.4, -0.2) is 19.8 Å². The van der Waals surface area contributed by atoms with Gasteiger partial charge < -0.3 is 0 Å². The largest absolute Gasteiger partial charge is 0.240 e. The molecule has 0 fully saturated rings. The topological polar surface area (TPSA) is 46.2 Å². The molecule has 1 aromatic carbocycles. The molecule has 0 bridgehead atoms. The molecule has 0 amide bonds. The standard InChI is InChI=1S/C10H13Cl2NO2S/c1-10(2,12)7-13-16(14,15)9-5-3-8(11)4-6-9/h3-6,13H,7H2,1-2H3. The van der Waals surface area contributed by atoms with Crippen LogP contribution in [0.25, 0.3) is 0 Å². The lowest BCUT2D eigenvalue weighted by molar-refractivity contribution is 0.569. The van der Waals surface area contributed by atoms with Gasteiger partial charge in [0.1, 0.15) is 0 Å². The number of alkyl halides is 1. The second kappa shape index (κ2) is 4.92. The molecule has 1 N–H and O–H groups in total. The first-order valence-electron chi connectivity index (χ1n) is 4.65. The van der Waals surface area contributed by atoms with Gasteiger partial charge in [0.2, 0.25) is 10.0 Å². The summed E-state index contributed by atoms with van der Waals surface area (Å²) in [5.74, 6) is 0. The van der Waals surface area contributed by atoms with E-state index in [-0.39, 0.29) is 11.4 Å². The number of benzene rings is 1.